The fraction of sp³-hybridized carbons (Fsp3) is 0.588. The monoisotopic (exact) mass is 291 g/mol. The van der Waals surface area contributed by atoms with Crippen molar-refractivity contribution in [1.29, 1.82) is 0 Å². The maximum Gasteiger partial charge on any atom is 0.160 e. The van der Waals surface area contributed by atoms with Gasteiger partial charge in [-0.3, -0.25) is 4.79 Å². The summed E-state index contributed by atoms with van der Waals surface area (Å²) in [7, 11) is 3.29. The van der Waals surface area contributed by atoms with Crippen molar-refractivity contribution in [2.75, 3.05) is 27.3 Å². The van der Waals surface area contributed by atoms with E-state index < -0.39 is 0 Å². The lowest BCUT2D eigenvalue weighted by Gasteiger charge is -2.20. The number of carbonyl (C=O) groups is 1. The Bertz CT molecular complexity index is 473. The minimum atomic E-state index is 0.226. The molecule has 0 saturated heterocycles. The van der Waals surface area contributed by atoms with E-state index in [1.165, 1.54) is 12.0 Å². The molecular weight excluding hydrogens is 266 g/mol. The molecule has 1 aliphatic rings. The SMILES string of the molecule is COc1ccc(CCNCC2CCCCC2=O)cc1OC. The van der Waals surface area contributed by atoms with Crippen LogP contribution in [0.5, 0.6) is 11.5 Å². The van der Waals surface area contributed by atoms with Gasteiger partial charge in [0.05, 0.1) is 14.2 Å². The van der Waals surface area contributed by atoms with Crippen LogP contribution >= 0.6 is 0 Å². The lowest BCUT2D eigenvalue weighted by molar-refractivity contribution is -0.124. The minimum absolute atomic E-state index is 0.226. The number of methoxy groups -OCH3 is 2. The van der Waals surface area contributed by atoms with Crippen LogP contribution in [0.15, 0.2) is 18.2 Å². The Labute approximate surface area is 126 Å². The van der Waals surface area contributed by atoms with Crippen LogP contribution in [0.2, 0.25) is 0 Å². The Hall–Kier alpha value is -1.55. The highest BCUT2D eigenvalue weighted by atomic mass is 16.5. The number of rotatable bonds is 7. The van der Waals surface area contributed by atoms with E-state index in [0.717, 1.165) is 50.3 Å². The lowest BCUT2D eigenvalue weighted by atomic mass is 9.88. The first kappa shape index (κ1) is 15.8. The van der Waals surface area contributed by atoms with Gasteiger partial charge in [-0.2, -0.15) is 0 Å². The molecule has 1 unspecified atom stereocenters. The fourth-order valence-electron chi connectivity index (χ4n) is 2.82. The summed E-state index contributed by atoms with van der Waals surface area (Å²) in [6.07, 6.45) is 4.99. The summed E-state index contributed by atoms with van der Waals surface area (Å²) >= 11 is 0. The second-order valence-corrected chi connectivity index (χ2v) is 5.55. The van der Waals surface area contributed by atoms with Crippen LogP contribution in [0.3, 0.4) is 0 Å². The molecule has 1 aromatic rings. The minimum Gasteiger partial charge on any atom is -0.493 e. The predicted octanol–water partition coefficient (Wildman–Crippen LogP) is 2.60. The number of hydrogen-bond acceptors (Lipinski definition) is 4. The third-order valence-corrected chi connectivity index (χ3v) is 4.11. The van der Waals surface area contributed by atoms with Crippen molar-refractivity contribution in [1.82, 2.24) is 5.32 Å². The van der Waals surface area contributed by atoms with E-state index in [2.05, 4.69) is 11.4 Å². The average Bonchev–Trinajstić information content (AvgIpc) is 2.52. The van der Waals surface area contributed by atoms with Gasteiger partial charge in [-0.05, 0) is 43.5 Å². The molecule has 0 radical (unpaired) electrons. The molecule has 1 saturated carbocycles. The van der Waals surface area contributed by atoms with Crippen molar-refractivity contribution in [3.8, 4) is 11.5 Å². The van der Waals surface area contributed by atoms with Gasteiger partial charge in [0, 0.05) is 18.9 Å². The Morgan fingerprint density at radius 1 is 1.19 bits per heavy atom. The Balaban J connectivity index is 1.76. The van der Waals surface area contributed by atoms with Crippen molar-refractivity contribution >= 4 is 5.78 Å². The molecular formula is C17H25NO3. The molecule has 116 valence electrons. The van der Waals surface area contributed by atoms with E-state index in [1.54, 1.807) is 14.2 Å². The summed E-state index contributed by atoms with van der Waals surface area (Å²) in [6.45, 7) is 1.69. The first-order valence-corrected chi connectivity index (χ1v) is 7.69. The molecule has 1 N–H and O–H groups in total. The maximum absolute atomic E-state index is 11.7. The molecule has 1 fully saturated rings. The van der Waals surface area contributed by atoms with Gasteiger partial charge >= 0.3 is 0 Å². The molecule has 0 aromatic heterocycles. The molecule has 4 heteroatoms. The zero-order chi connectivity index (χ0) is 15.1. The summed E-state index contributed by atoms with van der Waals surface area (Å²) in [5.74, 6) is 2.17. The van der Waals surface area contributed by atoms with Gasteiger partial charge in [0.2, 0.25) is 0 Å². The van der Waals surface area contributed by atoms with Gasteiger partial charge in [-0.15, -0.1) is 0 Å². The van der Waals surface area contributed by atoms with Crippen molar-refractivity contribution in [3.05, 3.63) is 23.8 Å². The van der Waals surface area contributed by atoms with E-state index >= 15 is 0 Å². The zero-order valence-electron chi connectivity index (χ0n) is 13.0. The molecule has 0 amide bonds. The molecule has 0 bridgehead atoms. The first-order chi connectivity index (χ1) is 10.2. The molecule has 21 heavy (non-hydrogen) atoms. The van der Waals surface area contributed by atoms with Gasteiger partial charge in [0.25, 0.3) is 0 Å². The van der Waals surface area contributed by atoms with Crippen LogP contribution < -0.4 is 14.8 Å². The standard InChI is InChI=1S/C17H25NO3/c1-20-16-8-7-13(11-17(16)21-2)9-10-18-12-14-5-3-4-6-15(14)19/h7-8,11,14,18H,3-6,9-10,12H2,1-2H3. The molecule has 0 aliphatic heterocycles. The Kier molecular flexibility index (Phi) is 6.05. The van der Waals surface area contributed by atoms with Crippen LogP contribution in [0.25, 0.3) is 0 Å². The molecule has 0 spiro atoms. The highest BCUT2D eigenvalue weighted by Gasteiger charge is 2.21. The maximum atomic E-state index is 11.7. The average molecular weight is 291 g/mol. The topological polar surface area (TPSA) is 47.6 Å². The van der Waals surface area contributed by atoms with Crippen molar-refractivity contribution in [2.24, 2.45) is 5.92 Å². The Morgan fingerprint density at radius 2 is 2.00 bits per heavy atom. The number of nitrogens with one attached hydrogen (secondary N) is 1. The van der Waals surface area contributed by atoms with Gasteiger partial charge in [-0.1, -0.05) is 12.5 Å². The summed E-state index contributed by atoms with van der Waals surface area (Å²) in [4.78, 5) is 11.7. The highest BCUT2D eigenvalue weighted by Crippen LogP contribution is 2.27. The number of benzene rings is 1. The van der Waals surface area contributed by atoms with Crippen LogP contribution in [0, 0.1) is 5.92 Å². The van der Waals surface area contributed by atoms with E-state index in [9.17, 15) is 4.79 Å². The predicted molar refractivity (Wildman–Crippen MR) is 83.1 cm³/mol. The van der Waals surface area contributed by atoms with E-state index in [4.69, 9.17) is 9.47 Å². The molecule has 0 heterocycles. The molecule has 1 aromatic carbocycles. The van der Waals surface area contributed by atoms with Gasteiger partial charge in [0.15, 0.2) is 11.5 Å². The van der Waals surface area contributed by atoms with E-state index in [-0.39, 0.29) is 5.92 Å². The zero-order valence-corrected chi connectivity index (χ0v) is 13.0. The van der Waals surface area contributed by atoms with Crippen LogP contribution in [0.1, 0.15) is 31.2 Å². The van der Waals surface area contributed by atoms with Crippen molar-refractivity contribution in [2.45, 2.75) is 32.1 Å². The fourth-order valence-corrected chi connectivity index (χ4v) is 2.82. The van der Waals surface area contributed by atoms with Gasteiger partial charge < -0.3 is 14.8 Å². The summed E-state index contributed by atoms with van der Waals surface area (Å²) < 4.78 is 10.5. The highest BCUT2D eigenvalue weighted by molar-refractivity contribution is 5.81. The Morgan fingerprint density at radius 3 is 2.71 bits per heavy atom. The van der Waals surface area contributed by atoms with Crippen LogP contribution in [0.4, 0.5) is 0 Å². The van der Waals surface area contributed by atoms with Crippen LogP contribution in [-0.4, -0.2) is 33.1 Å². The molecule has 1 atom stereocenters. The number of ether oxygens (including phenoxy) is 2. The third-order valence-electron chi connectivity index (χ3n) is 4.11. The van der Waals surface area contributed by atoms with Crippen molar-refractivity contribution in [3.63, 3.8) is 0 Å². The van der Waals surface area contributed by atoms with Gasteiger partial charge in [-0.25, -0.2) is 0 Å². The summed E-state index contributed by atoms with van der Waals surface area (Å²) in [5.41, 5.74) is 1.20. The van der Waals surface area contributed by atoms with E-state index in [1.807, 2.05) is 12.1 Å². The number of ketones is 1. The summed E-state index contributed by atoms with van der Waals surface area (Å²) in [6, 6.07) is 5.99. The number of hydrogen-bond donors (Lipinski definition) is 1. The normalized spacial score (nSPS) is 18.6. The summed E-state index contributed by atoms with van der Waals surface area (Å²) in [5, 5.41) is 3.41. The quantitative estimate of drug-likeness (QED) is 0.784. The number of Topliss-reactive ketones (excluding diaryl/α,β-unsaturated/α-hetero) is 1. The first-order valence-electron chi connectivity index (χ1n) is 7.69. The molecule has 2 rings (SSSR count). The smallest absolute Gasteiger partial charge is 0.160 e. The van der Waals surface area contributed by atoms with Gasteiger partial charge in [0.1, 0.15) is 5.78 Å². The molecule has 1 aliphatic carbocycles. The second-order valence-electron chi connectivity index (χ2n) is 5.55. The van der Waals surface area contributed by atoms with E-state index in [0.29, 0.717) is 5.78 Å². The van der Waals surface area contributed by atoms with Crippen LogP contribution in [-0.2, 0) is 11.2 Å². The lowest BCUT2D eigenvalue weighted by Crippen LogP contribution is -2.31. The largest absolute Gasteiger partial charge is 0.493 e. The third kappa shape index (κ3) is 4.46. The van der Waals surface area contributed by atoms with Crippen molar-refractivity contribution < 1.29 is 14.3 Å². The number of carbonyl (C=O) groups excluding carboxylic acids is 1. The second kappa shape index (κ2) is 8.03. The molecule has 4 nitrogen and oxygen atoms in total.